The predicted octanol–water partition coefficient (Wildman–Crippen LogP) is 2.01. The summed E-state index contributed by atoms with van der Waals surface area (Å²) in [6.45, 7) is 2.28. The van der Waals surface area contributed by atoms with E-state index in [0.717, 1.165) is 10.9 Å². The first kappa shape index (κ1) is 15.0. The number of benzene rings is 1. The quantitative estimate of drug-likeness (QED) is 0.873. The topological polar surface area (TPSA) is 52.6 Å². The van der Waals surface area contributed by atoms with Crippen molar-refractivity contribution in [3.8, 4) is 0 Å². The number of rotatable bonds is 5. The SMILES string of the molecule is CC(Cc1cccc(Br)c1)NC(=O)N(C)CCO. The molecule has 2 amide bonds. The molecular weight excluding hydrogens is 296 g/mol. The molecule has 0 fully saturated rings. The highest BCUT2D eigenvalue weighted by molar-refractivity contribution is 9.10. The highest BCUT2D eigenvalue weighted by atomic mass is 79.9. The summed E-state index contributed by atoms with van der Waals surface area (Å²) in [4.78, 5) is 13.2. The molecule has 1 aromatic carbocycles. The maximum absolute atomic E-state index is 11.7. The first-order valence-electron chi connectivity index (χ1n) is 5.90. The van der Waals surface area contributed by atoms with Gasteiger partial charge in [-0.05, 0) is 31.0 Å². The second-order valence-corrected chi connectivity index (χ2v) is 5.25. The lowest BCUT2D eigenvalue weighted by atomic mass is 10.1. The second kappa shape index (κ2) is 7.38. The summed E-state index contributed by atoms with van der Waals surface area (Å²) in [5.41, 5.74) is 1.17. The Balaban J connectivity index is 2.46. The van der Waals surface area contributed by atoms with Gasteiger partial charge in [0.25, 0.3) is 0 Å². The van der Waals surface area contributed by atoms with Gasteiger partial charge in [-0.25, -0.2) is 4.79 Å². The number of carbonyl (C=O) groups is 1. The smallest absolute Gasteiger partial charge is 0.317 e. The zero-order valence-electron chi connectivity index (χ0n) is 10.7. The number of urea groups is 1. The van der Waals surface area contributed by atoms with Crippen LogP contribution in [0.3, 0.4) is 0 Å². The molecule has 0 radical (unpaired) electrons. The lowest BCUT2D eigenvalue weighted by molar-refractivity contribution is 0.187. The zero-order valence-corrected chi connectivity index (χ0v) is 12.3. The number of likely N-dealkylation sites (N-methyl/N-ethyl adjacent to an activating group) is 1. The Bertz CT molecular complexity index is 398. The second-order valence-electron chi connectivity index (χ2n) is 4.33. The number of hydrogen-bond acceptors (Lipinski definition) is 2. The van der Waals surface area contributed by atoms with Gasteiger partial charge < -0.3 is 15.3 Å². The van der Waals surface area contributed by atoms with Crippen LogP contribution in [0.4, 0.5) is 4.79 Å². The third-order valence-corrected chi connectivity index (χ3v) is 3.08. The van der Waals surface area contributed by atoms with Gasteiger partial charge in [0.15, 0.2) is 0 Å². The largest absolute Gasteiger partial charge is 0.395 e. The molecule has 18 heavy (non-hydrogen) atoms. The summed E-state index contributed by atoms with van der Waals surface area (Å²) < 4.78 is 1.04. The number of aliphatic hydroxyl groups is 1. The Hall–Kier alpha value is -1.07. The average molecular weight is 315 g/mol. The number of aliphatic hydroxyl groups excluding tert-OH is 1. The highest BCUT2D eigenvalue weighted by Crippen LogP contribution is 2.13. The summed E-state index contributed by atoms with van der Waals surface area (Å²) in [7, 11) is 1.66. The van der Waals surface area contributed by atoms with Gasteiger partial charge in [0, 0.05) is 24.1 Å². The molecule has 0 aromatic heterocycles. The molecule has 1 aromatic rings. The van der Waals surface area contributed by atoms with E-state index in [4.69, 9.17) is 5.11 Å². The lowest BCUT2D eigenvalue weighted by Gasteiger charge is -2.20. The highest BCUT2D eigenvalue weighted by Gasteiger charge is 2.11. The monoisotopic (exact) mass is 314 g/mol. The standard InChI is InChI=1S/C13H19BrN2O2/c1-10(15-13(18)16(2)6-7-17)8-11-4-3-5-12(14)9-11/h3-5,9-10,17H,6-8H2,1-2H3,(H,15,18). The first-order chi connectivity index (χ1) is 8.52. The van der Waals surface area contributed by atoms with Gasteiger partial charge in [-0.2, -0.15) is 0 Å². The van der Waals surface area contributed by atoms with Gasteiger partial charge in [0.05, 0.1) is 6.61 Å². The van der Waals surface area contributed by atoms with Crippen molar-refractivity contribution in [2.24, 2.45) is 0 Å². The Morgan fingerprint density at radius 3 is 2.89 bits per heavy atom. The van der Waals surface area contributed by atoms with E-state index in [1.54, 1.807) is 7.05 Å². The van der Waals surface area contributed by atoms with Crippen molar-refractivity contribution >= 4 is 22.0 Å². The molecule has 1 atom stereocenters. The summed E-state index contributed by atoms with van der Waals surface area (Å²) in [6.07, 6.45) is 0.776. The van der Waals surface area contributed by atoms with Gasteiger partial charge in [0.1, 0.15) is 0 Å². The minimum absolute atomic E-state index is 0.0239. The fraction of sp³-hybridized carbons (Fsp3) is 0.462. The van der Waals surface area contributed by atoms with Crippen LogP contribution in [-0.4, -0.2) is 42.3 Å². The van der Waals surface area contributed by atoms with Crippen LogP contribution in [0.25, 0.3) is 0 Å². The summed E-state index contributed by atoms with van der Waals surface area (Å²) in [5.74, 6) is 0. The fourth-order valence-corrected chi connectivity index (χ4v) is 2.09. The molecule has 0 heterocycles. The first-order valence-corrected chi connectivity index (χ1v) is 6.69. The molecular formula is C13H19BrN2O2. The number of nitrogens with zero attached hydrogens (tertiary/aromatic N) is 1. The molecule has 0 saturated heterocycles. The van der Waals surface area contributed by atoms with E-state index in [9.17, 15) is 4.79 Å². The zero-order chi connectivity index (χ0) is 13.5. The Kier molecular flexibility index (Phi) is 6.15. The van der Waals surface area contributed by atoms with Crippen LogP contribution in [0, 0.1) is 0 Å². The third kappa shape index (κ3) is 5.06. The Morgan fingerprint density at radius 1 is 1.56 bits per heavy atom. The number of halogens is 1. The lowest BCUT2D eigenvalue weighted by Crippen LogP contribution is -2.43. The number of carbonyl (C=O) groups excluding carboxylic acids is 1. The van der Waals surface area contributed by atoms with Crippen LogP contribution in [0.5, 0.6) is 0 Å². The molecule has 0 aliphatic carbocycles. The number of nitrogens with one attached hydrogen (secondary N) is 1. The van der Waals surface area contributed by atoms with E-state index in [-0.39, 0.29) is 18.7 Å². The van der Waals surface area contributed by atoms with Crippen LogP contribution >= 0.6 is 15.9 Å². The summed E-state index contributed by atoms with van der Waals surface area (Å²) >= 11 is 3.42. The van der Waals surface area contributed by atoms with Crippen molar-refractivity contribution in [3.05, 3.63) is 34.3 Å². The number of hydrogen-bond donors (Lipinski definition) is 2. The van der Waals surface area contributed by atoms with E-state index in [1.807, 2.05) is 31.2 Å². The van der Waals surface area contributed by atoms with Crippen LogP contribution in [0.1, 0.15) is 12.5 Å². The van der Waals surface area contributed by atoms with Crippen LogP contribution in [0.2, 0.25) is 0 Å². The molecule has 100 valence electrons. The molecule has 1 rings (SSSR count). The van der Waals surface area contributed by atoms with Gasteiger partial charge in [0.2, 0.25) is 0 Å². The minimum atomic E-state index is -0.161. The molecule has 0 aliphatic rings. The van der Waals surface area contributed by atoms with E-state index in [1.165, 1.54) is 10.5 Å². The Labute approximate surface area is 116 Å². The van der Waals surface area contributed by atoms with E-state index < -0.39 is 0 Å². The predicted molar refractivity (Wildman–Crippen MR) is 75.6 cm³/mol. The van der Waals surface area contributed by atoms with Crippen molar-refractivity contribution in [2.75, 3.05) is 20.2 Å². The summed E-state index contributed by atoms with van der Waals surface area (Å²) in [5, 5.41) is 11.7. The van der Waals surface area contributed by atoms with E-state index >= 15 is 0 Å². The van der Waals surface area contributed by atoms with Crippen molar-refractivity contribution < 1.29 is 9.90 Å². The third-order valence-electron chi connectivity index (χ3n) is 2.58. The molecule has 4 nitrogen and oxygen atoms in total. The van der Waals surface area contributed by atoms with E-state index in [0.29, 0.717) is 6.54 Å². The minimum Gasteiger partial charge on any atom is -0.395 e. The molecule has 1 unspecified atom stereocenters. The average Bonchev–Trinajstić information content (AvgIpc) is 2.28. The van der Waals surface area contributed by atoms with Gasteiger partial charge in [-0.1, -0.05) is 28.1 Å². The van der Waals surface area contributed by atoms with E-state index in [2.05, 4.69) is 21.2 Å². The molecule has 0 aliphatic heterocycles. The van der Waals surface area contributed by atoms with Gasteiger partial charge >= 0.3 is 6.03 Å². The summed E-state index contributed by atoms with van der Waals surface area (Å²) in [6, 6.07) is 7.91. The molecule has 0 bridgehead atoms. The molecule has 2 N–H and O–H groups in total. The molecule has 0 saturated carbocycles. The number of amides is 2. The molecule has 5 heteroatoms. The van der Waals surface area contributed by atoms with Crippen LogP contribution in [0.15, 0.2) is 28.7 Å². The van der Waals surface area contributed by atoms with Gasteiger partial charge in [-0.3, -0.25) is 0 Å². The van der Waals surface area contributed by atoms with Crippen molar-refractivity contribution in [1.82, 2.24) is 10.2 Å². The fourth-order valence-electron chi connectivity index (χ4n) is 1.64. The molecule has 0 spiro atoms. The van der Waals surface area contributed by atoms with Crippen molar-refractivity contribution in [2.45, 2.75) is 19.4 Å². The van der Waals surface area contributed by atoms with Crippen molar-refractivity contribution in [3.63, 3.8) is 0 Å². The normalized spacial score (nSPS) is 12.0. The van der Waals surface area contributed by atoms with Crippen molar-refractivity contribution in [1.29, 1.82) is 0 Å². The maximum Gasteiger partial charge on any atom is 0.317 e. The van der Waals surface area contributed by atoms with Crippen LogP contribution < -0.4 is 5.32 Å². The van der Waals surface area contributed by atoms with Crippen LogP contribution in [-0.2, 0) is 6.42 Å². The van der Waals surface area contributed by atoms with Gasteiger partial charge in [-0.15, -0.1) is 0 Å². The Morgan fingerprint density at radius 2 is 2.28 bits per heavy atom. The maximum atomic E-state index is 11.7.